The average molecular weight is 364 g/mol. The normalized spacial score (nSPS) is 16.9. The van der Waals surface area contributed by atoms with E-state index in [1.807, 2.05) is 13.0 Å². The van der Waals surface area contributed by atoms with E-state index in [4.69, 9.17) is 4.98 Å². The molecule has 1 amide bonds. The van der Waals surface area contributed by atoms with Crippen molar-refractivity contribution >= 4 is 11.7 Å². The van der Waals surface area contributed by atoms with E-state index in [0.717, 1.165) is 62.4 Å². The predicted octanol–water partition coefficient (Wildman–Crippen LogP) is 1.88. The minimum absolute atomic E-state index is 0.0788. The first-order valence-electron chi connectivity index (χ1n) is 9.54. The number of nitriles is 1. The molecule has 0 radical (unpaired) electrons. The Morgan fingerprint density at radius 2 is 2.07 bits per heavy atom. The molecule has 0 bridgehead atoms. The molecule has 1 fully saturated rings. The van der Waals surface area contributed by atoms with Crippen molar-refractivity contribution in [2.45, 2.75) is 45.1 Å². The van der Waals surface area contributed by atoms with Crippen LogP contribution in [0.2, 0.25) is 0 Å². The van der Waals surface area contributed by atoms with Crippen molar-refractivity contribution in [3.63, 3.8) is 0 Å². The molecule has 27 heavy (non-hydrogen) atoms. The van der Waals surface area contributed by atoms with Crippen LogP contribution in [0.25, 0.3) is 0 Å². The molecule has 4 rings (SSSR count). The maximum absolute atomic E-state index is 12.5. The molecular weight excluding hydrogens is 340 g/mol. The lowest BCUT2D eigenvalue weighted by molar-refractivity contribution is 0.0921. The van der Waals surface area contributed by atoms with Gasteiger partial charge in [-0.3, -0.25) is 9.48 Å². The van der Waals surface area contributed by atoms with E-state index in [0.29, 0.717) is 11.3 Å². The number of anilines is 1. The summed E-state index contributed by atoms with van der Waals surface area (Å²) >= 11 is 0. The number of carbonyl (C=O) groups excluding carboxylic acids is 1. The number of hydrogen-bond acceptors (Lipinski definition) is 5. The van der Waals surface area contributed by atoms with Gasteiger partial charge in [0.1, 0.15) is 17.6 Å². The molecule has 7 heteroatoms. The molecule has 2 aliphatic rings. The maximum Gasteiger partial charge on any atom is 0.269 e. The fourth-order valence-electron chi connectivity index (χ4n) is 4.10. The zero-order valence-electron chi connectivity index (χ0n) is 15.8. The quantitative estimate of drug-likeness (QED) is 0.899. The highest BCUT2D eigenvalue weighted by Gasteiger charge is 2.26. The Bertz CT molecular complexity index is 917. The van der Waals surface area contributed by atoms with Gasteiger partial charge in [-0.15, -0.1) is 0 Å². The molecule has 1 saturated heterocycles. The molecule has 1 aliphatic carbocycles. The van der Waals surface area contributed by atoms with E-state index in [-0.39, 0.29) is 11.9 Å². The van der Waals surface area contributed by atoms with Gasteiger partial charge in [-0.2, -0.15) is 10.4 Å². The van der Waals surface area contributed by atoms with Gasteiger partial charge < -0.3 is 10.2 Å². The largest absolute Gasteiger partial charge is 0.355 e. The number of hydrogen-bond donors (Lipinski definition) is 1. The number of carbonyl (C=O) groups is 1. The molecule has 0 unspecified atom stereocenters. The first kappa shape index (κ1) is 17.5. The number of pyridine rings is 1. The summed E-state index contributed by atoms with van der Waals surface area (Å²) in [6.07, 6.45) is 4.83. The Kier molecular flexibility index (Phi) is 4.56. The van der Waals surface area contributed by atoms with E-state index in [2.05, 4.69) is 21.4 Å². The Balaban J connectivity index is 1.42. The summed E-state index contributed by atoms with van der Waals surface area (Å²) in [4.78, 5) is 19.5. The number of amides is 1. The third kappa shape index (κ3) is 3.39. The summed E-state index contributed by atoms with van der Waals surface area (Å²) in [6, 6.07) is 6.26. The van der Waals surface area contributed by atoms with Crippen molar-refractivity contribution in [3.8, 4) is 6.07 Å². The van der Waals surface area contributed by atoms with Crippen molar-refractivity contribution in [2.75, 3.05) is 18.0 Å². The van der Waals surface area contributed by atoms with Crippen LogP contribution in [0, 0.1) is 18.3 Å². The van der Waals surface area contributed by atoms with E-state index < -0.39 is 0 Å². The fourth-order valence-corrected chi connectivity index (χ4v) is 4.10. The fraction of sp³-hybridized carbons (Fsp3) is 0.500. The summed E-state index contributed by atoms with van der Waals surface area (Å²) < 4.78 is 1.62. The number of aromatic nitrogens is 3. The molecule has 0 aromatic carbocycles. The Morgan fingerprint density at radius 1 is 1.30 bits per heavy atom. The molecule has 2 aromatic rings. The molecule has 140 valence electrons. The van der Waals surface area contributed by atoms with Crippen LogP contribution in [0.15, 0.2) is 12.1 Å². The molecule has 0 spiro atoms. The van der Waals surface area contributed by atoms with Crippen molar-refractivity contribution < 1.29 is 4.79 Å². The molecule has 0 atom stereocenters. The second-order valence-electron chi connectivity index (χ2n) is 7.46. The highest BCUT2D eigenvalue weighted by Crippen LogP contribution is 2.28. The predicted molar refractivity (Wildman–Crippen MR) is 102 cm³/mol. The van der Waals surface area contributed by atoms with Crippen LogP contribution in [-0.4, -0.2) is 39.8 Å². The Labute approximate surface area is 159 Å². The number of nitrogens with zero attached hydrogens (tertiary/aromatic N) is 5. The zero-order chi connectivity index (χ0) is 19.0. The van der Waals surface area contributed by atoms with Crippen LogP contribution < -0.4 is 10.2 Å². The summed E-state index contributed by atoms with van der Waals surface area (Å²) in [5.74, 6) is 0.732. The van der Waals surface area contributed by atoms with Crippen molar-refractivity contribution in [3.05, 3.63) is 40.3 Å². The van der Waals surface area contributed by atoms with E-state index in [1.165, 1.54) is 5.56 Å². The molecule has 0 saturated carbocycles. The van der Waals surface area contributed by atoms with Crippen LogP contribution in [0.3, 0.4) is 0 Å². The Morgan fingerprint density at radius 3 is 2.74 bits per heavy atom. The van der Waals surface area contributed by atoms with Gasteiger partial charge in [-0.1, -0.05) is 0 Å². The van der Waals surface area contributed by atoms with Crippen LogP contribution in [-0.2, 0) is 19.9 Å². The molecule has 2 aromatic heterocycles. The summed E-state index contributed by atoms with van der Waals surface area (Å²) in [5, 5.41) is 16.9. The lowest BCUT2D eigenvalue weighted by Gasteiger charge is -2.33. The average Bonchev–Trinajstić information content (AvgIpc) is 3.26. The monoisotopic (exact) mass is 364 g/mol. The van der Waals surface area contributed by atoms with Crippen LogP contribution in [0.5, 0.6) is 0 Å². The smallest absolute Gasteiger partial charge is 0.269 e. The van der Waals surface area contributed by atoms with Crippen LogP contribution >= 0.6 is 0 Å². The molecule has 7 nitrogen and oxygen atoms in total. The second kappa shape index (κ2) is 7.03. The van der Waals surface area contributed by atoms with Crippen LogP contribution in [0.1, 0.15) is 52.3 Å². The second-order valence-corrected chi connectivity index (χ2v) is 7.46. The van der Waals surface area contributed by atoms with Crippen molar-refractivity contribution in [1.29, 1.82) is 5.26 Å². The topological polar surface area (TPSA) is 86.8 Å². The number of fused-ring (bicyclic) bond motifs is 1. The van der Waals surface area contributed by atoms with Gasteiger partial charge in [-0.25, -0.2) is 4.98 Å². The van der Waals surface area contributed by atoms with Gasteiger partial charge in [0.2, 0.25) is 0 Å². The minimum Gasteiger partial charge on any atom is -0.355 e. The highest BCUT2D eigenvalue weighted by molar-refractivity contribution is 5.92. The van der Waals surface area contributed by atoms with E-state index in [1.54, 1.807) is 17.8 Å². The van der Waals surface area contributed by atoms with Gasteiger partial charge in [0.05, 0.1) is 11.3 Å². The number of rotatable bonds is 3. The van der Waals surface area contributed by atoms with E-state index in [9.17, 15) is 10.1 Å². The van der Waals surface area contributed by atoms with Gasteiger partial charge in [-0.05, 0) is 56.7 Å². The first-order valence-corrected chi connectivity index (χ1v) is 9.54. The van der Waals surface area contributed by atoms with Gasteiger partial charge in [0, 0.05) is 31.9 Å². The lowest BCUT2D eigenvalue weighted by Crippen LogP contribution is -2.45. The van der Waals surface area contributed by atoms with Crippen molar-refractivity contribution in [2.24, 2.45) is 7.05 Å². The van der Waals surface area contributed by atoms with E-state index >= 15 is 0 Å². The Hall–Kier alpha value is -2.88. The first-order chi connectivity index (χ1) is 13.0. The lowest BCUT2D eigenvalue weighted by atomic mass is 10.0. The highest BCUT2D eigenvalue weighted by atomic mass is 16.2. The number of piperidine rings is 1. The summed E-state index contributed by atoms with van der Waals surface area (Å²) in [7, 11) is 1.79. The third-order valence-corrected chi connectivity index (χ3v) is 5.52. The van der Waals surface area contributed by atoms with Gasteiger partial charge in [0.25, 0.3) is 5.91 Å². The molecule has 1 N–H and O–H groups in total. The third-order valence-electron chi connectivity index (χ3n) is 5.52. The minimum atomic E-state index is -0.0788. The summed E-state index contributed by atoms with van der Waals surface area (Å²) in [5.41, 5.74) is 4.46. The van der Waals surface area contributed by atoms with Crippen LogP contribution in [0.4, 0.5) is 5.82 Å². The summed E-state index contributed by atoms with van der Waals surface area (Å²) in [6.45, 7) is 3.46. The maximum atomic E-state index is 12.5. The van der Waals surface area contributed by atoms with Gasteiger partial charge >= 0.3 is 0 Å². The SMILES string of the molecule is Cc1cc(C(=O)NC2CCN(c3nc4c(cc3C#N)CCC4)CC2)n(C)n1. The van der Waals surface area contributed by atoms with Gasteiger partial charge in [0.15, 0.2) is 0 Å². The number of nitrogens with one attached hydrogen (secondary N) is 1. The molecular formula is C20H24N6O. The molecule has 1 aliphatic heterocycles. The standard InChI is InChI=1S/C20H24N6O/c1-13-10-18(25(2)24-13)20(27)22-16-6-8-26(9-7-16)19-15(12-21)11-14-4-3-5-17(14)23-19/h10-11,16H,3-9H2,1-2H3,(H,22,27). The zero-order valence-corrected chi connectivity index (χ0v) is 15.8. The number of aryl methyl sites for hydroxylation is 4. The molecule has 3 heterocycles. The van der Waals surface area contributed by atoms with Crippen molar-refractivity contribution in [1.82, 2.24) is 20.1 Å².